The van der Waals surface area contributed by atoms with E-state index < -0.39 is 0 Å². The summed E-state index contributed by atoms with van der Waals surface area (Å²) in [5, 5.41) is 8.22. The lowest BCUT2D eigenvalue weighted by atomic mass is 9.92. The van der Waals surface area contributed by atoms with Crippen LogP contribution < -0.4 is 10.6 Å². The highest BCUT2D eigenvalue weighted by atomic mass is 15.6. The Labute approximate surface area is 203 Å². The zero-order chi connectivity index (χ0) is 24.7. The van der Waals surface area contributed by atoms with Gasteiger partial charge >= 0.3 is 0 Å². The van der Waals surface area contributed by atoms with Crippen molar-refractivity contribution in [3.63, 3.8) is 0 Å². The van der Waals surface area contributed by atoms with E-state index in [1.165, 1.54) is 51.4 Å². The molecule has 0 rings (SSSR count). The van der Waals surface area contributed by atoms with Gasteiger partial charge in [-0.1, -0.05) is 59.3 Å². The van der Waals surface area contributed by atoms with Crippen LogP contribution in [-0.4, -0.2) is 58.9 Å². The Hall–Kier alpha value is -0.160. The van der Waals surface area contributed by atoms with Gasteiger partial charge in [-0.2, -0.15) is 0 Å². The van der Waals surface area contributed by atoms with Gasteiger partial charge in [0.15, 0.2) is 0 Å². The normalized spacial score (nSPS) is 14.2. The third kappa shape index (κ3) is 9.60. The Bertz CT molecular complexity index is 397. The molecule has 1 unspecified atom stereocenters. The molecular formula is C28H62N4. The number of hydrogen-bond donors (Lipinski definition) is 2. The average molecular weight is 455 g/mol. The van der Waals surface area contributed by atoms with Gasteiger partial charge in [0.05, 0.1) is 6.04 Å². The van der Waals surface area contributed by atoms with Crippen molar-refractivity contribution in [1.82, 2.24) is 20.4 Å². The molecule has 1 atom stereocenters. The molecule has 0 radical (unpaired) electrons. The molecule has 0 aliphatic rings. The second kappa shape index (κ2) is 17.3. The van der Waals surface area contributed by atoms with Crippen LogP contribution in [0.5, 0.6) is 0 Å². The molecule has 0 amide bonds. The fraction of sp³-hybridized carbons (Fsp3) is 1.00. The Morgan fingerprint density at radius 3 is 1.41 bits per heavy atom. The van der Waals surface area contributed by atoms with Crippen LogP contribution in [0.2, 0.25) is 0 Å². The minimum Gasteiger partial charge on any atom is -0.310 e. The summed E-state index contributed by atoms with van der Waals surface area (Å²) in [6, 6.07) is 2.20. The van der Waals surface area contributed by atoms with E-state index in [-0.39, 0.29) is 5.79 Å². The molecule has 4 heteroatoms. The molecule has 0 aliphatic heterocycles. The maximum atomic E-state index is 4.17. The average Bonchev–Trinajstić information content (AvgIpc) is 2.69. The van der Waals surface area contributed by atoms with Crippen LogP contribution in [0.1, 0.15) is 134 Å². The van der Waals surface area contributed by atoms with Gasteiger partial charge in [-0.05, 0) is 87.7 Å². The lowest BCUT2D eigenvalue weighted by molar-refractivity contribution is -0.164. The standard InChI is InChI=1S/C28H62N4/c1-12-15-16-17-18-19-20-27(29-21-13-2)28(30-22-14-3,31(23(4)5)24(6)7)32(25(8)9)26(10)11/h23-27,29-30H,12-22H2,1-11H3. The van der Waals surface area contributed by atoms with Gasteiger partial charge in [0, 0.05) is 24.2 Å². The highest BCUT2D eigenvalue weighted by molar-refractivity contribution is 5.03. The molecule has 4 nitrogen and oxygen atoms in total. The molecule has 0 aromatic heterocycles. The topological polar surface area (TPSA) is 30.5 Å². The molecule has 0 heterocycles. The Balaban J connectivity index is 6.37. The molecule has 0 bridgehead atoms. The summed E-state index contributed by atoms with van der Waals surface area (Å²) >= 11 is 0. The predicted molar refractivity (Wildman–Crippen MR) is 145 cm³/mol. The lowest BCUT2D eigenvalue weighted by Crippen LogP contribution is -2.81. The molecular weight excluding hydrogens is 392 g/mol. The smallest absolute Gasteiger partial charge is 0.145 e. The summed E-state index contributed by atoms with van der Waals surface area (Å²) in [7, 11) is 0. The van der Waals surface area contributed by atoms with Crippen LogP contribution in [0.3, 0.4) is 0 Å². The number of nitrogens with zero attached hydrogens (tertiary/aromatic N) is 2. The van der Waals surface area contributed by atoms with Crippen molar-refractivity contribution in [2.75, 3.05) is 13.1 Å². The van der Waals surface area contributed by atoms with Gasteiger partial charge in [0.25, 0.3) is 0 Å². The Morgan fingerprint density at radius 2 is 1.00 bits per heavy atom. The predicted octanol–water partition coefficient (Wildman–Crippen LogP) is 7.00. The zero-order valence-corrected chi connectivity index (χ0v) is 24.1. The molecule has 194 valence electrons. The maximum Gasteiger partial charge on any atom is 0.145 e. The quantitative estimate of drug-likeness (QED) is 0.153. The summed E-state index contributed by atoms with van der Waals surface area (Å²) in [5.74, 6) is -0.209. The third-order valence-corrected chi connectivity index (χ3v) is 6.62. The van der Waals surface area contributed by atoms with Crippen LogP contribution >= 0.6 is 0 Å². The van der Waals surface area contributed by atoms with Crippen molar-refractivity contribution in [3.8, 4) is 0 Å². The van der Waals surface area contributed by atoms with E-state index in [0.717, 1.165) is 19.5 Å². The second-order valence-electron chi connectivity index (χ2n) is 10.9. The van der Waals surface area contributed by atoms with Crippen LogP contribution in [0.4, 0.5) is 0 Å². The molecule has 2 N–H and O–H groups in total. The van der Waals surface area contributed by atoms with Crippen LogP contribution in [-0.2, 0) is 0 Å². The van der Waals surface area contributed by atoms with Crippen molar-refractivity contribution in [1.29, 1.82) is 0 Å². The summed E-state index contributed by atoms with van der Waals surface area (Å²) in [6.45, 7) is 28.0. The van der Waals surface area contributed by atoms with Crippen LogP contribution in [0.15, 0.2) is 0 Å². The number of unbranched alkanes of at least 4 members (excludes halogenated alkanes) is 5. The number of hydrogen-bond acceptors (Lipinski definition) is 4. The third-order valence-electron chi connectivity index (χ3n) is 6.62. The molecule has 32 heavy (non-hydrogen) atoms. The van der Waals surface area contributed by atoms with Crippen molar-refractivity contribution in [2.45, 2.75) is 170 Å². The maximum absolute atomic E-state index is 4.17. The van der Waals surface area contributed by atoms with Gasteiger partial charge in [-0.3, -0.25) is 15.1 Å². The van der Waals surface area contributed by atoms with E-state index in [9.17, 15) is 0 Å². The molecule has 0 fully saturated rings. The minimum atomic E-state index is -0.209. The summed E-state index contributed by atoms with van der Waals surface area (Å²) in [4.78, 5) is 5.54. The minimum absolute atomic E-state index is 0.209. The lowest BCUT2D eigenvalue weighted by Gasteiger charge is -2.61. The highest BCUT2D eigenvalue weighted by Gasteiger charge is 2.51. The van der Waals surface area contributed by atoms with Crippen molar-refractivity contribution in [2.24, 2.45) is 0 Å². The second-order valence-corrected chi connectivity index (χ2v) is 10.9. The van der Waals surface area contributed by atoms with E-state index in [4.69, 9.17) is 0 Å². The van der Waals surface area contributed by atoms with E-state index in [0.29, 0.717) is 30.2 Å². The van der Waals surface area contributed by atoms with Gasteiger partial charge in [-0.15, -0.1) is 0 Å². The van der Waals surface area contributed by atoms with E-state index in [1.807, 2.05) is 0 Å². The summed E-state index contributed by atoms with van der Waals surface area (Å²) < 4.78 is 0. The van der Waals surface area contributed by atoms with Gasteiger partial charge in [0.1, 0.15) is 5.79 Å². The van der Waals surface area contributed by atoms with Crippen LogP contribution in [0, 0.1) is 0 Å². The molecule has 0 aromatic rings. The Kier molecular flexibility index (Phi) is 17.2. The molecule has 0 saturated carbocycles. The van der Waals surface area contributed by atoms with Gasteiger partial charge in [-0.25, -0.2) is 0 Å². The first kappa shape index (κ1) is 31.8. The summed E-state index contributed by atoms with van der Waals surface area (Å²) in [6.07, 6.45) is 11.6. The number of rotatable bonds is 20. The Morgan fingerprint density at radius 1 is 0.562 bits per heavy atom. The van der Waals surface area contributed by atoms with Crippen molar-refractivity contribution in [3.05, 3.63) is 0 Å². The van der Waals surface area contributed by atoms with E-state index >= 15 is 0 Å². The van der Waals surface area contributed by atoms with Gasteiger partial charge in [0.2, 0.25) is 0 Å². The first-order valence-corrected chi connectivity index (χ1v) is 14.2. The fourth-order valence-corrected chi connectivity index (χ4v) is 5.77. The first-order chi connectivity index (χ1) is 15.1. The van der Waals surface area contributed by atoms with Crippen molar-refractivity contribution >= 4 is 0 Å². The van der Waals surface area contributed by atoms with Crippen LogP contribution in [0.25, 0.3) is 0 Å². The zero-order valence-electron chi connectivity index (χ0n) is 24.1. The highest BCUT2D eigenvalue weighted by Crippen LogP contribution is 2.33. The fourth-order valence-electron chi connectivity index (χ4n) is 5.77. The molecule has 0 aromatic carbocycles. The molecule has 0 aliphatic carbocycles. The summed E-state index contributed by atoms with van der Waals surface area (Å²) in [5.41, 5.74) is 0. The molecule has 0 saturated heterocycles. The van der Waals surface area contributed by atoms with E-state index in [2.05, 4.69) is 96.6 Å². The van der Waals surface area contributed by atoms with Crippen molar-refractivity contribution < 1.29 is 0 Å². The van der Waals surface area contributed by atoms with E-state index in [1.54, 1.807) is 0 Å². The van der Waals surface area contributed by atoms with Gasteiger partial charge < -0.3 is 5.32 Å². The largest absolute Gasteiger partial charge is 0.310 e. The number of nitrogens with one attached hydrogen (secondary N) is 2. The first-order valence-electron chi connectivity index (χ1n) is 14.2. The monoisotopic (exact) mass is 454 g/mol. The SMILES string of the molecule is CCCCCCCCC(NCCC)C(NCCC)(N(C(C)C)C(C)C)N(C(C)C)C(C)C. The molecule has 0 spiro atoms.